The molecular weight excluding hydrogens is 444 g/mol. The lowest BCUT2D eigenvalue weighted by molar-refractivity contribution is -0.142. The van der Waals surface area contributed by atoms with E-state index in [4.69, 9.17) is 5.11 Å². The number of aromatic amines is 1. The second-order valence-electron chi connectivity index (χ2n) is 8.45. The molecule has 6 rings (SSSR count). The van der Waals surface area contributed by atoms with Gasteiger partial charge in [0.1, 0.15) is 0 Å². The highest BCUT2D eigenvalue weighted by molar-refractivity contribution is 8.00. The van der Waals surface area contributed by atoms with Crippen LogP contribution in [0.25, 0.3) is 0 Å². The number of carbonyl (C=O) groups excluding carboxylic acids is 2. The zero-order valence-electron chi connectivity index (χ0n) is 15.6. The smallest absolute Gasteiger partial charge is 0.305 e. The number of imide groups is 1. The summed E-state index contributed by atoms with van der Waals surface area (Å²) in [5, 5.41) is 12.1. The Labute approximate surface area is 183 Å². The van der Waals surface area contributed by atoms with E-state index in [1.165, 1.54) is 21.1 Å². The Morgan fingerprint density at radius 3 is 2.67 bits per heavy atom. The van der Waals surface area contributed by atoms with Crippen molar-refractivity contribution in [3.05, 3.63) is 36.9 Å². The molecule has 7 atom stereocenters. The fraction of sp³-hybridized carbons (Fsp3) is 0.500. The van der Waals surface area contributed by atoms with Crippen LogP contribution in [0, 0.1) is 29.6 Å². The van der Waals surface area contributed by atoms with E-state index in [1.54, 1.807) is 23.1 Å². The molecule has 2 aliphatic carbocycles. The number of aromatic nitrogens is 1. The van der Waals surface area contributed by atoms with Crippen molar-refractivity contribution in [2.24, 2.45) is 29.6 Å². The molecule has 2 aromatic rings. The van der Waals surface area contributed by atoms with E-state index in [0.717, 1.165) is 16.3 Å². The number of likely N-dealkylation sites (tertiary alicyclic amines) is 1. The number of thiophene rings is 1. The molecule has 10 heteroatoms. The van der Waals surface area contributed by atoms with Gasteiger partial charge in [0.2, 0.25) is 11.8 Å². The molecule has 0 aromatic carbocycles. The zero-order valence-corrected chi connectivity index (χ0v) is 18.1. The number of H-pyrrole nitrogens is 1. The third kappa shape index (κ3) is 2.44. The Balaban J connectivity index is 1.40. The number of rotatable bonds is 4. The van der Waals surface area contributed by atoms with Crippen molar-refractivity contribution < 1.29 is 19.5 Å². The van der Waals surface area contributed by atoms with Crippen LogP contribution >= 0.6 is 34.4 Å². The monoisotopic (exact) mass is 462 g/mol. The number of fused-ring (bicyclic) bond motifs is 9. The first kappa shape index (κ1) is 18.8. The normalized spacial score (nSPS) is 36.1. The number of aliphatic carboxylic acids is 1. The number of carboxylic acid groups (broad SMARTS) is 1. The van der Waals surface area contributed by atoms with Crippen molar-refractivity contribution in [1.29, 1.82) is 0 Å². The summed E-state index contributed by atoms with van der Waals surface area (Å²) < 4.78 is 0. The number of thioether (sulfide) groups is 1. The van der Waals surface area contributed by atoms with Crippen LogP contribution < -0.4 is 4.87 Å². The molecule has 2 N–H and O–H groups in total. The van der Waals surface area contributed by atoms with E-state index in [2.05, 4.69) is 11.1 Å². The number of nitrogens with one attached hydrogen (secondary N) is 1. The van der Waals surface area contributed by atoms with E-state index in [0.29, 0.717) is 0 Å². The molecule has 2 aromatic heterocycles. The SMILES string of the molecule is O=C(O)CCN1C(=O)[C@@H]2[C@H]3C[C@@H]([C@@H]4Sc5[nH]c(=O)sc5[C@@H](c5cccs5)[C@@H]34)[C@H]2C1=O. The van der Waals surface area contributed by atoms with Crippen molar-refractivity contribution >= 4 is 52.2 Å². The first-order valence-electron chi connectivity index (χ1n) is 9.95. The summed E-state index contributed by atoms with van der Waals surface area (Å²) in [4.78, 5) is 55.7. The first-order chi connectivity index (χ1) is 14.5. The topological polar surface area (TPSA) is 108 Å². The van der Waals surface area contributed by atoms with Crippen molar-refractivity contribution in [3.63, 3.8) is 0 Å². The summed E-state index contributed by atoms with van der Waals surface area (Å²) in [6.07, 6.45) is 0.632. The fourth-order valence-corrected chi connectivity index (χ4v) is 10.1. The lowest BCUT2D eigenvalue weighted by atomic mass is 9.69. The molecular formula is C20H18N2O5S3. The maximum absolute atomic E-state index is 13.2. The van der Waals surface area contributed by atoms with Crippen LogP contribution in [0.4, 0.5) is 0 Å². The van der Waals surface area contributed by atoms with Crippen molar-refractivity contribution in [1.82, 2.24) is 9.88 Å². The summed E-state index contributed by atoms with van der Waals surface area (Å²) in [5.74, 6) is -1.65. The summed E-state index contributed by atoms with van der Waals surface area (Å²) in [6.45, 7) is -0.0447. The predicted molar refractivity (Wildman–Crippen MR) is 112 cm³/mol. The van der Waals surface area contributed by atoms with Crippen LogP contribution in [0.2, 0.25) is 0 Å². The molecule has 2 aliphatic heterocycles. The van der Waals surface area contributed by atoms with Gasteiger partial charge in [0, 0.05) is 27.5 Å². The lowest BCUT2D eigenvalue weighted by Gasteiger charge is -2.42. The third-order valence-electron chi connectivity index (χ3n) is 7.21. The maximum atomic E-state index is 13.2. The van der Waals surface area contributed by atoms with Crippen molar-refractivity contribution in [2.75, 3.05) is 6.54 Å². The molecule has 2 amide bonds. The molecule has 2 bridgehead atoms. The van der Waals surface area contributed by atoms with Gasteiger partial charge in [-0.05, 0) is 35.6 Å². The summed E-state index contributed by atoms with van der Waals surface area (Å²) in [7, 11) is 0. The first-order valence-corrected chi connectivity index (χ1v) is 12.5. The minimum absolute atomic E-state index is 0.0447. The zero-order chi connectivity index (χ0) is 20.7. The number of amides is 2. The molecule has 3 fully saturated rings. The predicted octanol–water partition coefficient (Wildman–Crippen LogP) is 2.45. The van der Waals surface area contributed by atoms with Crippen molar-refractivity contribution in [3.8, 4) is 0 Å². The lowest BCUT2D eigenvalue weighted by Crippen LogP contribution is -2.42. The van der Waals surface area contributed by atoms with E-state index in [-0.39, 0.29) is 70.4 Å². The van der Waals surface area contributed by atoms with Gasteiger partial charge in [-0.25, -0.2) is 0 Å². The van der Waals surface area contributed by atoms with E-state index in [1.807, 2.05) is 11.4 Å². The molecule has 2 saturated carbocycles. The number of thiazole rings is 1. The van der Waals surface area contributed by atoms with Crippen LogP contribution in [0.5, 0.6) is 0 Å². The Morgan fingerprint density at radius 1 is 1.20 bits per heavy atom. The Hall–Kier alpha value is -1.91. The Morgan fingerprint density at radius 2 is 1.97 bits per heavy atom. The van der Waals surface area contributed by atoms with E-state index in [9.17, 15) is 19.2 Å². The molecule has 0 spiro atoms. The van der Waals surface area contributed by atoms with Crippen LogP contribution in [-0.4, -0.2) is 44.6 Å². The van der Waals surface area contributed by atoms with E-state index >= 15 is 0 Å². The maximum Gasteiger partial charge on any atom is 0.305 e. The molecule has 7 nitrogen and oxygen atoms in total. The Kier molecular flexibility index (Phi) is 4.11. The highest BCUT2D eigenvalue weighted by atomic mass is 32.2. The summed E-state index contributed by atoms with van der Waals surface area (Å²) >= 11 is 4.60. The average Bonchev–Trinajstić information content (AvgIpc) is 3.48. The van der Waals surface area contributed by atoms with Gasteiger partial charge < -0.3 is 10.1 Å². The highest BCUT2D eigenvalue weighted by Gasteiger charge is 2.69. The second kappa shape index (κ2) is 6.54. The summed E-state index contributed by atoms with van der Waals surface area (Å²) in [5.41, 5.74) is 0. The number of carbonyl (C=O) groups is 3. The van der Waals surface area contributed by atoms with Gasteiger partial charge in [-0.3, -0.25) is 24.1 Å². The molecule has 156 valence electrons. The van der Waals surface area contributed by atoms with Crippen LogP contribution in [0.3, 0.4) is 0 Å². The van der Waals surface area contributed by atoms with Gasteiger partial charge in [0.05, 0.1) is 23.3 Å². The molecule has 30 heavy (non-hydrogen) atoms. The Bertz CT molecular complexity index is 1120. The van der Waals surface area contributed by atoms with Crippen LogP contribution in [-0.2, 0) is 14.4 Å². The standard InChI is InChI=1S/C20H18N2O5S3/c23-10(24)3-4-22-18(25)12-7-6-8(13(12)19(22)26)15-11(7)14(9-2-1-5-28-9)16-17(29-15)21-20(27)30-16/h1-2,5,7-8,11-15H,3-4,6H2,(H,21,27)(H,23,24)/t7-,8+,11+,12+,13+,14-,15-/m0/s1. The second-order valence-corrected chi connectivity index (χ2v) is 11.6. The third-order valence-corrected chi connectivity index (χ3v) is 10.8. The van der Waals surface area contributed by atoms with Gasteiger partial charge in [0.25, 0.3) is 0 Å². The van der Waals surface area contributed by atoms with Gasteiger partial charge in [-0.15, -0.1) is 23.1 Å². The van der Waals surface area contributed by atoms with E-state index < -0.39 is 5.97 Å². The fourth-order valence-electron chi connectivity index (χ4n) is 6.29. The number of hydrogen-bond acceptors (Lipinski definition) is 7. The quantitative estimate of drug-likeness (QED) is 0.676. The van der Waals surface area contributed by atoms with Crippen LogP contribution in [0.15, 0.2) is 27.3 Å². The highest BCUT2D eigenvalue weighted by Crippen LogP contribution is 2.68. The number of nitrogens with zero attached hydrogens (tertiary/aromatic N) is 1. The summed E-state index contributed by atoms with van der Waals surface area (Å²) in [6, 6.07) is 4.11. The van der Waals surface area contributed by atoms with Crippen LogP contribution in [0.1, 0.15) is 28.5 Å². The minimum Gasteiger partial charge on any atom is -0.481 e. The molecule has 1 saturated heterocycles. The van der Waals surface area contributed by atoms with Gasteiger partial charge in [-0.2, -0.15) is 0 Å². The number of hydrogen-bond donors (Lipinski definition) is 2. The molecule has 0 unspecified atom stereocenters. The molecule has 4 heterocycles. The van der Waals surface area contributed by atoms with Gasteiger partial charge in [0.15, 0.2) is 0 Å². The number of carboxylic acids is 1. The van der Waals surface area contributed by atoms with Gasteiger partial charge in [-0.1, -0.05) is 17.4 Å². The van der Waals surface area contributed by atoms with Crippen molar-refractivity contribution in [2.45, 2.75) is 29.0 Å². The average molecular weight is 463 g/mol. The molecule has 4 aliphatic rings. The largest absolute Gasteiger partial charge is 0.481 e. The van der Waals surface area contributed by atoms with Gasteiger partial charge >= 0.3 is 10.8 Å². The molecule has 0 radical (unpaired) electrons. The minimum atomic E-state index is -1.01.